The van der Waals surface area contributed by atoms with E-state index in [4.69, 9.17) is 9.31 Å². The molecule has 0 saturated carbocycles. The Morgan fingerprint density at radius 3 is 2.39 bits per heavy atom. The van der Waals surface area contributed by atoms with Crippen LogP contribution in [0.1, 0.15) is 40.3 Å². The van der Waals surface area contributed by atoms with Crippen LogP contribution in [0.2, 0.25) is 0 Å². The van der Waals surface area contributed by atoms with Crippen LogP contribution in [0.15, 0.2) is 28.3 Å². The fourth-order valence-corrected chi connectivity index (χ4v) is 2.84. The molecule has 0 radical (unpaired) electrons. The minimum absolute atomic E-state index is 0.0659. The van der Waals surface area contributed by atoms with Crippen LogP contribution in [0.3, 0.4) is 0 Å². The second-order valence-corrected chi connectivity index (χ2v) is 8.56. The smallest absolute Gasteiger partial charge is 0.400 e. The van der Waals surface area contributed by atoms with Gasteiger partial charge in [-0.2, -0.15) is 0 Å². The van der Waals surface area contributed by atoms with Crippen molar-refractivity contribution in [3.05, 3.63) is 34.0 Å². The predicted octanol–water partition coefficient (Wildman–Crippen LogP) is 4.14. The van der Waals surface area contributed by atoms with Crippen molar-refractivity contribution in [1.82, 2.24) is 4.98 Å². The molecule has 7 heteroatoms. The highest BCUT2D eigenvalue weighted by Gasteiger charge is 2.52. The molecule has 23 heavy (non-hydrogen) atoms. The first-order chi connectivity index (χ1) is 10.6. The molecule has 0 unspecified atom stereocenters. The fourth-order valence-electron chi connectivity index (χ4n) is 2.02. The maximum absolute atomic E-state index is 11.3. The number of hydrogen-bond acceptors (Lipinski definition) is 5. The highest BCUT2D eigenvalue weighted by molar-refractivity contribution is 9.10. The SMILES string of the molecule is CC(=O)SCC(=Cc1ccc(Br)cn1)B1OC(C)(C)C(C)(C)O1. The molecule has 1 aromatic heterocycles. The summed E-state index contributed by atoms with van der Waals surface area (Å²) >= 11 is 4.62. The fraction of sp³-hybridized carbons (Fsp3) is 0.500. The molecule has 0 aromatic carbocycles. The molecule has 1 saturated heterocycles. The Labute approximate surface area is 150 Å². The summed E-state index contributed by atoms with van der Waals surface area (Å²) in [5, 5.41) is 0.0659. The van der Waals surface area contributed by atoms with Gasteiger partial charge < -0.3 is 9.31 Å². The van der Waals surface area contributed by atoms with Crippen molar-refractivity contribution in [1.29, 1.82) is 0 Å². The molecule has 0 bridgehead atoms. The first-order valence-electron chi connectivity index (χ1n) is 7.42. The molecule has 0 amide bonds. The zero-order chi connectivity index (χ0) is 17.3. The van der Waals surface area contributed by atoms with Gasteiger partial charge in [0.2, 0.25) is 0 Å². The number of aromatic nitrogens is 1. The number of thioether (sulfide) groups is 1. The molecule has 0 N–H and O–H groups in total. The summed E-state index contributed by atoms with van der Waals surface area (Å²) in [5.74, 6) is 0.518. The van der Waals surface area contributed by atoms with Crippen molar-refractivity contribution < 1.29 is 14.1 Å². The lowest BCUT2D eigenvalue weighted by Crippen LogP contribution is -2.41. The van der Waals surface area contributed by atoms with Crippen molar-refractivity contribution in [2.75, 3.05) is 5.75 Å². The van der Waals surface area contributed by atoms with Gasteiger partial charge in [-0.1, -0.05) is 11.8 Å². The average Bonchev–Trinajstić information content (AvgIpc) is 2.65. The Hall–Kier alpha value is -0.625. The van der Waals surface area contributed by atoms with Crippen LogP contribution in [0.4, 0.5) is 0 Å². The Balaban J connectivity index is 2.28. The van der Waals surface area contributed by atoms with E-state index < -0.39 is 18.3 Å². The molecule has 4 nitrogen and oxygen atoms in total. The van der Waals surface area contributed by atoms with Crippen LogP contribution in [0.25, 0.3) is 6.08 Å². The Bertz CT molecular complexity index is 600. The number of rotatable bonds is 4. The molecule has 1 aliphatic rings. The van der Waals surface area contributed by atoms with E-state index in [0.717, 1.165) is 15.6 Å². The molecule has 2 heterocycles. The number of carbonyl (C=O) groups excluding carboxylic acids is 1. The monoisotopic (exact) mass is 397 g/mol. The Morgan fingerprint density at radius 2 is 1.91 bits per heavy atom. The molecule has 1 fully saturated rings. The summed E-state index contributed by atoms with van der Waals surface area (Å²) in [6.45, 7) is 9.62. The number of carbonyl (C=O) groups is 1. The molecular formula is C16H21BBrNO3S. The lowest BCUT2D eigenvalue weighted by atomic mass is 9.78. The average molecular weight is 398 g/mol. The van der Waals surface area contributed by atoms with Gasteiger partial charge in [0.05, 0.1) is 16.9 Å². The first kappa shape index (κ1) is 18.7. The third-order valence-electron chi connectivity index (χ3n) is 4.08. The van der Waals surface area contributed by atoms with E-state index in [-0.39, 0.29) is 5.12 Å². The van der Waals surface area contributed by atoms with E-state index in [9.17, 15) is 4.79 Å². The van der Waals surface area contributed by atoms with Crippen molar-refractivity contribution in [3.8, 4) is 0 Å². The summed E-state index contributed by atoms with van der Waals surface area (Å²) in [5.41, 5.74) is 0.885. The molecule has 124 valence electrons. The molecule has 1 aliphatic heterocycles. The number of nitrogens with zero attached hydrogens (tertiary/aromatic N) is 1. The standard InChI is InChI=1S/C16H21BBrNO3S/c1-11(20)23-10-12(8-14-7-6-13(18)9-19-14)17-21-15(2,3)16(4,5)22-17/h6-9H,10H2,1-5H3. The van der Waals surface area contributed by atoms with E-state index in [2.05, 4.69) is 20.9 Å². The second-order valence-electron chi connectivity index (χ2n) is 6.49. The maximum Gasteiger partial charge on any atom is 0.491 e. The van der Waals surface area contributed by atoms with E-state index >= 15 is 0 Å². The maximum atomic E-state index is 11.3. The lowest BCUT2D eigenvalue weighted by Gasteiger charge is -2.32. The highest BCUT2D eigenvalue weighted by atomic mass is 79.9. The Morgan fingerprint density at radius 1 is 1.30 bits per heavy atom. The van der Waals surface area contributed by atoms with Gasteiger partial charge in [-0.15, -0.1) is 0 Å². The summed E-state index contributed by atoms with van der Waals surface area (Å²) in [4.78, 5) is 15.7. The number of halogens is 1. The van der Waals surface area contributed by atoms with E-state index in [1.807, 2.05) is 45.9 Å². The van der Waals surface area contributed by atoms with Crippen molar-refractivity contribution in [3.63, 3.8) is 0 Å². The largest absolute Gasteiger partial charge is 0.491 e. The molecular weight excluding hydrogens is 377 g/mol. The van der Waals surface area contributed by atoms with Gasteiger partial charge in [-0.05, 0) is 67.3 Å². The molecule has 0 atom stereocenters. The lowest BCUT2D eigenvalue weighted by molar-refractivity contribution is -0.109. The third kappa shape index (κ3) is 4.69. The minimum Gasteiger partial charge on any atom is -0.400 e. The van der Waals surface area contributed by atoms with Gasteiger partial charge >= 0.3 is 7.12 Å². The normalized spacial score (nSPS) is 19.9. The zero-order valence-corrected chi connectivity index (χ0v) is 16.5. The van der Waals surface area contributed by atoms with Crippen molar-refractivity contribution in [2.45, 2.75) is 45.8 Å². The van der Waals surface area contributed by atoms with Crippen LogP contribution < -0.4 is 0 Å². The van der Waals surface area contributed by atoms with Crippen LogP contribution in [0.5, 0.6) is 0 Å². The molecule has 2 rings (SSSR count). The topological polar surface area (TPSA) is 48.4 Å². The van der Waals surface area contributed by atoms with Crippen LogP contribution in [-0.4, -0.2) is 34.2 Å². The first-order valence-corrected chi connectivity index (χ1v) is 9.19. The van der Waals surface area contributed by atoms with Crippen LogP contribution in [0, 0.1) is 0 Å². The van der Waals surface area contributed by atoms with Crippen LogP contribution in [-0.2, 0) is 14.1 Å². The van der Waals surface area contributed by atoms with Gasteiger partial charge in [0.1, 0.15) is 0 Å². The van der Waals surface area contributed by atoms with Gasteiger partial charge in [0.25, 0.3) is 0 Å². The third-order valence-corrected chi connectivity index (χ3v) is 5.43. The second kappa shape index (κ2) is 7.09. The highest BCUT2D eigenvalue weighted by Crippen LogP contribution is 2.39. The molecule has 0 spiro atoms. The van der Waals surface area contributed by atoms with E-state index in [1.165, 1.54) is 11.8 Å². The minimum atomic E-state index is -0.475. The van der Waals surface area contributed by atoms with Crippen molar-refractivity contribution >= 4 is 46.0 Å². The number of pyridine rings is 1. The number of hydrogen-bond donors (Lipinski definition) is 0. The zero-order valence-electron chi connectivity index (χ0n) is 14.1. The van der Waals surface area contributed by atoms with E-state index in [1.54, 1.807) is 13.1 Å². The summed E-state index contributed by atoms with van der Waals surface area (Å²) < 4.78 is 13.1. The summed E-state index contributed by atoms with van der Waals surface area (Å²) in [7, 11) is -0.475. The summed E-state index contributed by atoms with van der Waals surface area (Å²) in [6.07, 6.45) is 3.68. The molecule has 1 aromatic rings. The van der Waals surface area contributed by atoms with Crippen LogP contribution >= 0.6 is 27.7 Å². The van der Waals surface area contributed by atoms with E-state index in [0.29, 0.717) is 5.75 Å². The van der Waals surface area contributed by atoms with Gasteiger partial charge in [-0.3, -0.25) is 9.78 Å². The van der Waals surface area contributed by atoms with Gasteiger partial charge in [0, 0.05) is 23.3 Å². The van der Waals surface area contributed by atoms with Gasteiger partial charge in [-0.25, -0.2) is 0 Å². The van der Waals surface area contributed by atoms with Gasteiger partial charge in [0.15, 0.2) is 5.12 Å². The Kier molecular flexibility index (Phi) is 5.77. The molecule has 0 aliphatic carbocycles. The summed E-state index contributed by atoms with van der Waals surface area (Å²) in [6, 6.07) is 3.84. The van der Waals surface area contributed by atoms with Crippen molar-refractivity contribution in [2.24, 2.45) is 0 Å². The predicted molar refractivity (Wildman–Crippen MR) is 99.1 cm³/mol. The quantitative estimate of drug-likeness (QED) is 0.714.